The first-order chi connectivity index (χ1) is 11.1. The third-order valence-corrected chi connectivity index (χ3v) is 3.50. The van der Waals surface area contributed by atoms with Gasteiger partial charge in [0.25, 0.3) is 11.5 Å². The van der Waals surface area contributed by atoms with Crippen LogP contribution in [0.4, 0.5) is 5.69 Å². The lowest BCUT2D eigenvalue weighted by molar-refractivity contribution is 0.102. The Morgan fingerprint density at radius 1 is 1.26 bits per heavy atom. The zero-order valence-electron chi connectivity index (χ0n) is 11.5. The molecule has 7 nitrogen and oxygen atoms in total. The lowest BCUT2D eigenvalue weighted by atomic mass is 10.3. The maximum Gasteiger partial charge on any atom is 0.295 e. The summed E-state index contributed by atoms with van der Waals surface area (Å²) in [6.45, 7) is 0. The van der Waals surface area contributed by atoms with Gasteiger partial charge in [0.05, 0.1) is 16.9 Å². The molecule has 0 radical (unpaired) electrons. The highest BCUT2D eigenvalue weighted by Crippen LogP contribution is 2.23. The molecule has 0 spiro atoms. The van der Waals surface area contributed by atoms with Gasteiger partial charge in [-0.3, -0.25) is 19.7 Å². The molecule has 2 aromatic heterocycles. The lowest BCUT2D eigenvalue weighted by Crippen LogP contribution is -2.22. The summed E-state index contributed by atoms with van der Waals surface area (Å²) in [5.74, 6) is -0.538. The van der Waals surface area contributed by atoms with Crippen molar-refractivity contribution in [1.82, 2.24) is 19.7 Å². The fourth-order valence-electron chi connectivity index (χ4n) is 1.90. The van der Waals surface area contributed by atoms with Crippen molar-refractivity contribution in [2.24, 2.45) is 0 Å². The molecule has 3 aromatic rings. The van der Waals surface area contributed by atoms with Crippen LogP contribution in [0.25, 0.3) is 5.69 Å². The highest BCUT2D eigenvalue weighted by atomic mass is 35.5. The van der Waals surface area contributed by atoms with Gasteiger partial charge in [-0.1, -0.05) is 23.2 Å². The van der Waals surface area contributed by atoms with Crippen LogP contribution in [0, 0.1) is 0 Å². The number of anilines is 1. The summed E-state index contributed by atoms with van der Waals surface area (Å²) in [6.07, 6.45) is 5.50. The summed E-state index contributed by atoms with van der Waals surface area (Å²) < 4.78 is 1.20. The zero-order chi connectivity index (χ0) is 16.4. The van der Waals surface area contributed by atoms with Crippen molar-refractivity contribution >= 4 is 34.8 Å². The predicted molar refractivity (Wildman–Crippen MR) is 86.4 cm³/mol. The van der Waals surface area contributed by atoms with Crippen LogP contribution < -0.4 is 10.9 Å². The first-order valence-corrected chi connectivity index (χ1v) is 7.15. The number of aromatic amines is 1. The number of amides is 1. The molecular weight excluding hydrogens is 341 g/mol. The number of nitrogens with one attached hydrogen (secondary N) is 2. The van der Waals surface area contributed by atoms with Crippen molar-refractivity contribution in [2.45, 2.75) is 0 Å². The van der Waals surface area contributed by atoms with Gasteiger partial charge in [-0.05, 0) is 18.2 Å². The third kappa shape index (κ3) is 3.10. The van der Waals surface area contributed by atoms with Crippen molar-refractivity contribution < 1.29 is 4.79 Å². The maximum absolute atomic E-state index is 12.4. The summed E-state index contributed by atoms with van der Waals surface area (Å²) >= 11 is 11.9. The molecule has 0 saturated carbocycles. The Balaban J connectivity index is 1.91. The summed E-state index contributed by atoms with van der Waals surface area (Å²) in [5.41, 5.74) is 0.114. The zero-order valence-corrected chi connectivity index (χ0v) is 13.0. The normalized spacial score (nSPS) is 10.5. The highest BCUT2D eigenvalue weighted by molar-refractivity contribution is 6.35. The molecule has 2 N–H and O–H groups in total. The first-order valence-electron chi connectivity index (χ1n) is 6.39. The molecule has 9 heteroatoms. The smallest absolute Gasteiger partial charge is 0.295 e. The molecule has 3 rings (SSSR count). The average molecular weight is 350 g/mol. The molecule has 116 valence electrons. The van der Waals surface area contributed by atoms with E-state index in [9.17, 15) is 9.59 Å². The summed E-state index contributed by atoms with van der Waals surface area (Å²) in [7, 11) is 0. The van der Waals surface area contributed by atoms with Crippen LogP contribution in [0.5, 0.6) is 0 Å². The molecule has 0 unspecified atom stereocenters. The molecule has 0 saturated heterocycles. The minimum atomic E-state index is -0.538. The van der Waals surface area contributed by atoms with Gasteiger partial charge in [-0.2, -0.15) is 0 Å². The van der Waals surface area contributed by atoms with E-state index in [0.717, 1.165) is 0 Å². The largest absolute Gasteiger partial charge is 0.315 e. The van der Waals surface area contributed by atoms with Crippen molar-refractivity contribution in [1.29, 1.82) is 0 Å². The molecule has 0 fully saturated rings. The van der Waals surface area contributed by atoms with Crippen LogP contribution in [0.15, 0.2) is 47.8 Å². The van der Waals surface area contributed by atoms with Crippen molar-refractivity contribution in [3.05, 3.63) is 69.1 Å². The summed E-state index contributed by atoms with van der Waals surface area (Å²) in [5, 5.41) is 5.96. The highest BCUT2D eigenvalue weighted by Gasteiger charge is 2.14. The van der Waals surface area contributed by atoms with Gasteiger partial charge in [-0.15, -0.1) is 0 Å². The molecule has 0 aliphatic carbocycles. The molecule has 0 atom stereocenters. The quantitative estimate of drug-likeness (QED) is 0.759. The van der Waals surface area contributed by atoms with Crippen molar-refractivity contribution in [3.63, 3.8) is 0 Å². The van der Waals surface area contributed by atoms with Crippen LogP contribution in [0.2, 0.25) is 10.0 Å². The van der Waals surface area contributed by atoms with Crippen LogP contribution in [0.3, 0.4) is 0 Å². The molecule has 1 amide bonds. The van der Waals surface area contributed by atoms with Crippen molar-refractivity contribution in [2.75, 3.05) is 5.32 Å². The Bertz CT molecular complexity index is 920. The van der Waals surface area contributed by atoms with E-state index in [-0.39, 0.29) is 11.4 Å². The Morgan fingerprint density at radius 2 is 2.09 bits per heavy atom. The Labute approximate surface area is 139 Å². The number of H-pyrrole nitrogens is 1. The van der Waals surface area contributed by atoms with Crippen LogP contribution >= 0.6 is 23.2 Å². The standard InChI is InChI=1S/C14H9Cl2N5O2/c15-8-1-2-12(9(16)5-8)21-14(23)11(7-19-21)20-13(22)10-6-17-3-4-18-10/h1-7,19H,(H,20,22). The van der Waals surface area contributed by atoms with E-state index in [4.69, 9.17) is 23.2 Å². The number of carbonyl (C=O) groups is 1. The van der Waals surface area contributed by atoms with Crippen LogP contribution in [-0.2, 0) is 0 Å². The molecular formula is C14H9Cl2N5O2. The number of carbonyl (C=O) groups excluding carboxylic acids is 1. The minimum absolute atomic E-state index is 0.0617. The molecule has 0 aliphatic rings. The maximum atomic E-state index is 12.4. The summed E-state index contributed by atoms with van der Waals surface area (Å²) in [6, 6.07) is 4.72. The number of halogens is 2. The third-order valence-electron chi connectivity index (χ3n) is 2.97. The van der Waals surface area contributed by atoms with Gasteiger partial charge < -0.3 is 5.32 Å². The van der Waals surface area contributed by atoms with Gasteiger partial charge in [0.15, 0.2) is 0 Å². The second-order valence-electron chi connectivity index (χ2n) is 4.47. The fraction of sp³-hybridized carbons (Fsp3) is 0. The van der Waals surface area contributed by atoms with E-state index in [2.05, 4.69) is 20.4 Å². The SMILES string of the molecule is O=C(Nc1c[nH]n(-c2ccc(Cl)cc2Cl)c1=O)c1cnccn1. The van der Waals surface area contributed by atoms with E-state index in [1.165, 1.54) is 35.5 Å². The number of aromatic nitrogens is 4. The Kier molecular flexibility index (Phi) is 4.14. The molecule has 0 aliphatic heterocycles. The van der Waals surface area contributed by atoms with Gasteiger partial charge in [0.2, 0.25) is 0 Å². The second kappa shape index (κ2) is 6.23. The van der Waals surface area contributed by atoms with Gasteiger partial charge >= 0.3 is 0 Å². The van der Waals surface area contributed by atoms with E-state index >= 15 is 0 Å². The number of nitrogens with zero attached hydrogens (tertiary/aromatic N) is 3. The Hall–Kier alpha value is -2.64. The number of rotatable bonds is 3. The van der Waals surface area contributed by atoms with Crippen LogP contribution in [0.1, 0.15) is 10.5 Å². The lowest BCUT2D eigenvalue weighted by Gasteiger charge is -2.04. The van der Waals surface area contributed by atoms with Gasteiger partial charge in [0.1, 0.15) is 11.4 Å². The number of benzene rings is 1. The minimum Gasteiger partial charge on any atom is -0.315 e. The Morgan fingerprint density at radius 3 is 2.78 bits per heavy atom. The molecule has 0 bridgehead atoms. The fourth-order valence-corrected chi connectivity index (χ4v) is 2.40. The van der Waals surface area contributed by atoms with E-state index in [1.807, 2.05) is 0 Å². The summed E-state index contributed by atoms with van der Waals surface area (Å²) in [4.78, 5) is 32.0. The van der Waals surface area contributed by atoms with E-state index in [1.54, 1.807) is 12.1 Å². The number of hydrogen-bond acceptors (Lipinski definition) is 4. The van der Waals surface area contributed by atoms with Crippen molar-refractivity contribution in [3.8, 4) is 5.69 Å². The second-order valence-corrected chi connectivity index (χ2v) is 5.31. The molecule has 1 aromatic carbocycles. The molecule has 2 heterocycles. The van der Waals surface area contributed by atoms with Gasteiger partial charge in [-0.25, -0.2) is 9.67 Å². The average Bonchev–Trinajstić information content (AvgIpc) is 2.89. The first kappa shape index (κ1) is 15.3. The van der Waals surface area contributed by atoms with E-state index < -0.39 is 11.5 Å². The monoisotopic (exact) mass is 349 g/mol. The predicted octanol–water partition coefficient (Wildman–Crippen LogP) is 2.51. The van der Waals surface area contributed by atoms with Crippen LogP contribution in [-0.4, -0.2) is 25.7 Å². The van der Waals surface area contributed by atoms with E-state index in [0.29, 0.717) is 15.7 Å². The number of hydrogen-bond donors (Lipinski definition) is 2. The van der Waals surface area contributed by atoms with Gasteiger partial charge in [0, 0.05) is 23.6 Å². The topological polar surface area (TPSA) is 92.7 Å². The molecule has 23 heavy (non-hydrogen) atoms.